The van der Waals surface area contributed by atoms with E-state index in [4.69, 9.17) is 9.11 Å². The van der Waals surface area contributed by atoms with Crippen molar-refractivity contribution in [2.75, 3.05) is 11.5 Å². The highest BCUT2D eigenvalue weighted by molar-refractivity contribution is 7.89. The third kappa shape index (κ3) is 11.8. The standard InChI is InChI=1S/2C7H12N2.C2H6O6S2/c2*1-5(2)7-6(3)8-4-9-7;3-9(4,5)1-2-10(6,7)8/h2*4-5H,1-3H3,(H,8,9);1-2H2,(H,3,4,5)(H,6,7,8). The molecule has 0 saturated heterocycles. The molecule has 12 heteroatoms. The van der Waals surface area contributed by atoms with Gasteiger partial charge >= 0.3 is 0 Å². The number of aromatic nitrogens is 4. The van der Waals surface area contributed by atoms with Gasteiger partial charge in [-0.15, -0.1) is 0 Å². The minimum atomic E-state index is -4.30. The van der Waals surface area contributed by atoms with Crippen molar-refractivity contribution in [3.63, 3.8) is 0 Å². The first-order valence-electron chi connectivity index (χ1n) is 8.54. The van der Waals surface area contributed by atoms with E-state index in [-0.39, 0.29) is 0 Å². The molecule has 4 N–H and O–H groups in total. The molecule has 0 aromatic carbocycles. The maximum Gasteiger partial charge on any atom is 0.265 e. The highest BCUT2D eigenvalue weighted by Crippen LogP contribution is 2.13. The molecule has 0 aliphatic rings. The number of aryl methyl sites for hydroxylation is 2. The third-order valence-corrected chi connectivity index (χ3v) is 5.13. The highest BCUT2D eigenvalue weighted by Gasteiger charge is 2.11. The van der Waals surface area contributed by atoms with Crippen molar-refractivity contribution < 1.29 is 25.9 Å². The summed E-state index contributed by atoms with van der Waals surface area (Å²) < 4.78 is 55.4. The van der Waals surface area contributed by atoms with Crippen LogP contribution >= 0.6 is 0 Å². The van der Waals surface area contributed by atoms with Gasteiger partial charge in [0.2, 0.25) is 0 Å². The van der Waals surface area contributed by atoms with Crippen LogP contribution in [0.4, 0.5) is 0 Å². The molecule has 162 valence electrons. The number of H-pyrrole nitrogens is 2. The maximum atomic E-state index is 9.86. The summed E-state index contributed by atoms with van der Waals surface area (Å²) in [6, 6.07) is 0. The fourth-order valence-electron chi connectivity index (χ4n) is 2.11. The second kappa shape index (κ2) is 11.3. The van der Waals surface area contributed by atoms with Gasteiger partial charge in [0.15, 0.2) is 0 Å². The summed E-state index contributed by atoms with van der Waals surface area (Å²) in [5, 5.41) is 0. The van der Waals surface area contributed by atoms with Crippen LogP contribution in [-0.2, 0) is 20.2 Å². The van der Waals surface area contributed by atoms with Crippen LogP contribution in [-0.4, -0.2) is 57.4 Å². The quantitative estimate of drug-likeness (QED) is 0.516. The van der Waals surface area contributed by atoms with Gasteiger partial charge < -0.3 is 9.97 Å². The van der Waals surface area contributed by atoms with Crippen LogP contribution in [0.15, 0.2) is 12.7 Å². The summed E-state index contributed by atoms with van der Waals surface area (Å²) in [6.45, 7) is 12.7. The molecule has 0 spiro atoms. The fourth-order valence-corrected chi connectivity index (χ4v) is 3.80. The van der Waals surface area contributed by atoms with Crippen LogP contribution in [0.2, 0.25) is 0 Å². The molecular weight excluding hydrogens is 408 g/mol. The highest BCUT2D eigenvalue weighted by atomic mass is 32.2. The minimum absolute atomic E-state index is 0.538. The monoisotopic (exact) mass is 438 g/mol. The van der Waals surface area contributed by atoms with E-state index in [0.717, 1.165) is 0 Å². The van der Waals surface area contributed by atoms with Gasteiger partial charge in [0, 0.05) is 11.4 Å². The van der Waals surface area contributed by atoms with Crippen molar-refractivity contribution in [3.05, 3.63) is 35.4 Å². The number of rotatable bonds is 5. The van der Waals surface area contributed by atoms with Crippen molar-refractivity contribution >= 4 is 20.2 Å². The Kier molecular flexibility index (Phi) is 10.6. The molecule has 0 unspecified atom stereocenters. The molecule has 2 heterocycles. The predicted octanol–water partition coefficient (Wildman–Crippen LogP) is 2.45. The van der Waals surface area contributed by atoms with Crippen LogP contribution in [0.5, 0.6) is 0 Å². The molecule has 0 radical (unpaired) electrons. The van der Waals surface area contributed by atoms with Gasteiger partial charge in [0.05, 0.1) is 35.5 Å². The van der Waals surface area contributed by atoms with E-state index in [1.165, 1.54) is 22.8 Å². The zero-order valence-electron chi connectivity index (χ0n) is 17.0. The number of nitrogens with zero attached hydrogens (tertiary/aromatic N) is 2. The molecule has 2 aromatic heterocycles. The molecule has 2 aromatic rings. The maximum absolute atomic E-state index is 9.86. The lowest BCUT2D eigenvalue weighted by atomic mass is 10.1. The summed E-state index contributed by atoms with van der Waals surface area (Å²) in [7, 11) is -8.59. The average Bonchev–Trinajstić information content (AvgIpc) is 3.13. The number of aromatic amines is 2. The lowest BCUT2D eigenvalue weighted by molar-refractivity contribution is 0.472. The Morgan fingerprint density at radius 1 is 0.786 bits per heavy atom. The van der Waals surface area contributed by atoms with Gasteiger partial charge in [-0.2, -0.15) is 16.8 Å². The number of imidazole rings is 2. The molecule has 0 aliphatic carbocycles. The summed E-state index contributed by atoms with van der Waals surface area (Å²) in [5.74, 6) is -0.884. The first kappa shape index (κ1) is 26.2. The summed E-state index contributed by atoms with van der Waals surface area (Å²) in [4.78, 5) is 14.4. The molecule has 0 saturated carbocycles. The van der Waals surface area contributed by atoms with E-state index in [1.807, 2.05) is 13.8 Å². The molecule has 2 rings (SSSR count). The Morgan fingerprint density at radius 3 is 1.18 bits per heavy atom. The number of hydrogen-bond donors (Lipinski definition) is 4. The largest absolute Gasteiger partial charge is 0.348 e. The first-order valence-corrected chi connectivity index (χ1v) is 11.8. The molecule has 28 heavy (non-hydrogen) atoms. The third-order valence-electron chi connectivity index (χ3n) is 3.43. The minimum Gasteiger partial charge on any atom is -0.348 e. The summed E-state index contributed by atoms with van der Waals surface area (Å²) in [6.07, 6.45) is 3.48. The second-order valence-electron chi connectivity index (χ2n) is 6.71. The van der Waals surface area contributed by atoms with E-state index >= 15 is 0 Å². The van der Waals surface area contributed by atoms with Gasteiger partial charge in [-0.3, -0.25) is 9.11 Å². The molecule has 0 bridgehead atoms. The fraction of sp³-hybridized carbons (Fsp3) is 0.625. The summed E-state index contributed by atoms with van der Waals surface area (Å²) in [5.41, 5.74) is 4.72. The topological polar surface area (TPSA) is 166 Å². The molecule has 10 nitrogen and oxygen atoms in total. The number of nitrogens with one attached hydrogen (secondary N) is 2. The molecule has 0 aliphatic heterocycles. The van der Waals surface area contributed by atoms with Gasteiger partial charge in [-0.1, -0.05) is 27.7 Å². The zero-order chi connectivity index (χ0) is 22.1. The van der Waals surface area contributed by atoms with Crippen molar-refractivity contribution in [1.29, 1.82) is 0 Å². The normalized spacial score (nSPS) is 11.6. The Hall–Kier alpha value is -1.76. The van der Waals surface area contributed by atoms with Gasteiger partial charge in [0.1, 0.15) is 0 Å². The molecular formula is C16H30N4O6S2. The van der Waals surface area contributed by atoms with E-state index < -0.39 is 31.7 Å². The molecule has 0 fully saturated rings. The van der Waals surface area contributed by atoms with E-state index in [2.05, 4.69) is 47.6 Å². The zero-order valence-corrected chi connectivity index (χ0v) is 18.6. The van der Waals surface area contributed by atoms with E-state index in [1.54, 1.807) is 12.7 Å². The van der Waals surface area contributed by atoms with Crippen LogP contribution in [0.1, 0.15) is 62.3 Å². The predicted molar refractivity (Wildman–Crippen MR) is 108 cm³/mol. The number of hydrogen-bond acceptors (Lipinski definition) is 6. The molecule has 0 atom stereocenters. The van der Waals surface area contributed by atoms with Gasteiger partial charge in [-0.25, -0.2) is 9.97 Å². The Balaban J connectivity index is 0.000000391. The average molecular weight is 439 g/mol. The van der Waals surface area contributed by atoms with Crippen LogP contribution in [0, 0.1) is 13.8 Å². The Bertz CT molecular complexity index is 838. The smallest absolute Gasteiger partial charge is 0.265 e. The van der Waals surface area contributed by atoms with Crippen molar-refractivity contribution in [3.8, 4) is 0 Å². The Labute approximate surface area is 166 Å². The van der Waals surface area contributed by atoms with Crippen LogP contribution in [0.25, 0.3) is 0 Å². The first-order chi connectivity index (χ1) is 12.6. The van der Waals surface area contributed by atoms with Crippen molar-refractivity contribution in [2.45, 2.75) is 53.4 Å². The van der Waals surface area contributed by atoms with Crippen LogP contribution in [0.3, 0.4) is 0 Å². The Morgan fingerprint density at radius 2 is 1.07 bits per heavy atom. The van der Waals surface area contributed by atoms with E-state index in [0.29, 0.717) is 11.8 Å². The lowest BCUT2D eigenvalue weighted by Crippen LogP contribution is -2.15. The SMILES string of the molecule is Cc1[nH]cnc1C(C)C.Cc1[nH]cnc1C(C)C.O=S(=O)(O)CCS(=O)(=O)O. The van der Waals surface area contributed by atoms with Crippen molar-refractivity contribution in [1.82, 2.24) is 19.9 Å². The second-order valence-corrected chi connectivity index (χ2v) is 9.85. The van der Waals surface area contributed by atoms with Crippen molar-refractivity contribution in [2.24, 2.45) is 0 Å². The van der Waals surface area contributed by atoms with E-state index in [9.17, 15) is 16.8 Å². The van der Waals surface area contributed by atoms with Crippen LogP contribution < -0.4 is 0 Å². The van der Waals surface area contributed by atoms with Gasteiger partial charge in [-0.05, 0) is 25.7 Å². The summed E-state index contributed by atoms with van der Waals surface area (Å²) >= 11 is 0. The lowest BCUT2D eigenvalue weighted by Gasteiger charge is -1.98. The van der Waals surface area contributed by atoms with Gasteiger partial charge in [0.25, 0.3) is 20.2 Å². The molecule has 0 amide bonds.